The lowest BCUT2D eigenvalue weighted by Crippen LogP contribution is -2.20. The molecular formula is C14H15FN6O2. The fourth-order valence-corrected chi connectivity index (χ4v) is 2.12. The predicted octanol–water partition coefficient (Wildman–Crippen LogP) is 2.81. The first-order valence-corrected chi connectivity index (χ1v) is 6.77. The molecule has 0 aliphatic heterocycles. The van der Waals surface area contributed by atoms with Crippen molar-refractivity contribution in [2.45, 2.75) is 19.1 Å². The molecule has 2 rings (SSSR count). The Bertz CT molecular complexity index is 723. The number of carbonyl (C=O) groups is 1. The minimum atomic E-state index is -0.938. The maximum absolute atomic E-state index is 13.0. The van der Waals surface area contributed by atoms with Crippen LogP contribution in [0.2, 0.25) is 0 Å². The normalized spacial score (nSPS) is 13.2. The summed E-state index contributed by atoms with van der Waals surface area (Å²) in [5.41, 5.74) is 10.1. The number of hydrogen-bond acceptors (Lipinski definition) is 5. The lowest BCUT2D eigenvalue weighted by atomic mass is 10.0. The van der Waals surface area contributed by atoms with E-state index in [1.54, 1.807) is 24.3 Å². The van der Waals surface area contributed by atoms with Crippen LogP contribution in [0, 0.1) is 0 Å². The van der Waals surface area contributed by atoms with Crippen LogP contribution in [-0.2, 0) is 4.74 Å². The van der Waals surface area contributed by atoms with Gasteiger partial charge in [0.15, 0.2) is 5.78 Å². The first-order valence-electron chi connectivity index (χ1n) is 6.77. The molecule has 2 atom stereocenters. The Morgan fingerprint density at radius 3 is 2.65 bits per heavy atom. The van der Waals surface area contributed by atoms with Crippen molar-refractivity contribution in [1.29, 1.82) is 0 Å². The maximum Gasteiger partial charge on any atom is 0.181 e. The van der Waals surface area contributed by atoms with E-state index in [4.69, 9.17) is 10.3 Å². The lowest BCUT2D eigenvalue weighted by molar-refractivity contribution is 0.0722. The van der Waals surface area contributed by atoms with Gasteiger partial charge in [0.2, 0.25) is 0 Å². The van der Waals surface area contributed by atoms with Crippen molar-refractivity contribution >= 4 is 5.78 Å². The average molecular weight is 318 g/mol. The van der Waals surface area contributed by atoms with Gasteiger partial charge >= 0.3 is 0 Å². The molecule has 120 valence electrons. The highest BCUT2D eigenvalue weighted by Crippen LogP contribution is 2.24. The minimum Gasteiger partial charge on any atom is -0.376 e. The average Bonchev–Trinajstić information content (AvgIpc) is 3.05. The van der Waals surface area contributed by atoms with Crippen molar-refractivity contribution in [2.24, 2.45) is 5.11 Å². The molecule has 9 heteroatoms. The third-order valence-electron chi connectivity index (χ3n) is 3.30. The summed E-state index contributed by atoms with van der Waals surface area (Å²) in [5, 5.41) is 11.0. The van der Waals surface area contributed by atoms with Crippen LogP contribution in [0.1, 0.15) is 29.1 Å². The van der Waals surface area contributed by atoms with Crippen molar-refractivity contribution in [1.82, 2.24) is 15.0 Å². The van der Waals surface area contributed by atoms with Gasteiger partial charge < -0.3 is 4.74 Å². The molecule has 0 spiro atoms. The van der Waals surface area contributed by atoms with Gasteiger partial charge in [0.05, 0.1) is 24.0 Å². The molecule has 1 aromatic carbocycles. The number of ketones is 1. The van der Waals surface area contributed by atoms with Crippen LogP contribution in [0.4, 0.5) is 4.39 Å². The number of ether oxygens (including phenoxy) is 1. The summed E-state index contributed by atoms with van der Waals surface area (Å²) in [7, 11) is 1.42. The smallest absolute Gasteiger partial charge is 0.181 e. The number of carbonyl (C=O) groups excluding carboxylic acids is 1. The third-order valence-corrected chi connectivity index (χ3v) is 3.30. The molecule has 0 amide bonds. The number of methoxy groups -OCH3 is 1. The van der Waals surface area contributed by atoms with Crippen molar-refractivity contribution in [3.63, 3.8) is 0 Å². The standard InChI is InChI=1S/C14H15FN6O2/c1-9(22)13-8-21(20-18-13)11-5-3-10(4-6-11)14(23-2)12(7-15)17-19-16/h3-6,8,12,14H,7H2,1-2H3/t12-,14-/m1/s1. The first-order chi connectivity index (χ1) is 11.1. The van der Waals surface area contributed by atoms with Crippen LogP contribution in [0.25, 0.3) is 16.1 Å². The van der Waals surface area contributed by atoms with Crippen LogP contribution in [0.3, 0.4) is 0 Å². The molecule has 1 aromatic heterocycles. The topological polar surface area (TPSA) is 106 Å². The Morgan fingerprint density at radius 1 is 1.48 bits per heavy atom. The van der Waals surface area contributed by atoms with Gasteiger partial charge in [-0.3, -0.25) is 9.18 Å². The van der Waals surface area contributed by atoms with E-state index in [2.05, 4.69) is 20.3 Å². The Hall–Kier alpha value is -2.77. The Balaban J connectivity index is 2.26. The SMILES string of the molecule is CO[C@H](c1ccc(-n2cc(C(C)=O)nn2)cc1)[C@@H](CF)N=[N+]=[N-]. The number of alkyl halides is 1. The van der Waals surface area contributed by atoms with E-state index in [1.165, 1.54) is 24.9 Å². The quantitative estimate of drug-likeness (QED) is 0.338. The molecule has 0 unspecified atom stereocenters. The number of benzene rings is 1. The van der Waals surface area contributed by atoms with Crippen LogP contribution in [0.5, 0.6) is 0 Å². The summed E-state index contributed by atoms with van der Waals surface area (Å²) in [5.74, 6) is -0.174. The van der Waals surface area contributed by atoms with Crippen LogP contribution >= 0.6 is 0 Å². The molecule has 8 nitrogen and oxygen atoms in total. The summed E-state index contributed by atoms with van der Waals surface area (Å²) < 4.78 is 19.7. The molecule has 0 bridgehead atoms. The molecule has 23 heavy (non-hydrogen) atoms. The van der Waals surface area contributed by atoms with E-state index in [-0.39, 0.29) is 11.5 Å². The second-order valence-electron chi connectivity index (χ2n) is 4.78. The van der Waals surface area contributed by atoms with Gasteiger partial charge in [0.1, 0.15) is 12.4 Å². The molecule has 0 fully saturated rings. The minimum absolute atomic E-state index is 0.174. The first kappa shape index (κ1) is 16.6. The molecule has 0 saturated heterocycles. The van der Waals surface area contributed by atoms with Crippen LogP contribution in [-0.4, -0.2) is 40.6 Å². The van der Waals surface area contributed by atoms with Gasteiger partial charge in [0, 0.05) is 18.9 Å². The van der Waals surface area contributed by atoms with E-state index < -0.39 is 18.8 Å². The summed E-state index contributed by atoms with van der Waals surface area (Å²) in [6.07, 6.45) is 0.837. The molecule has 0 radical (unpaired) electrons. The second-order valence-corrected chi connectivity index (χ2v) is 4.78. The Kier molecular flexibility index (Phi) is 5.40. The van der Waals surface area contributed by atoms with Crippen molar-refractivity contribution in [2.75, 3.05) is 13.8 Å². The molecule has 2 aromatic rings. The summed E-state index contributed by atoms with van der Waals surface area (Å²) in [6, 6.07) is 5.95. The maximum atomic E-state index is 13.0. The van der Waals surface area contributed by atoms with Crippen LogP contribution in [0.15, 0.2) is 35.6 Å². The molecule has 1 heterocycles. The number of hydrogen-bond donors (Lipinski definition) is 0. The molecule has 0 aliphatic carbocycles. The zero-order chi connectivity index (χ0) is 16.8. The molecule has 0 saturated carbocycles. The number of nitrogens with zero attached hydrogens (tertiary/aromatic N) is 6. The van der Waals surface area contributed by atoms with Crippen LogP contribution < -0.4 is 0 Å². The van der Waals surface area contributed by atoms with E-state index in [9.17, 15) is 9.18 Å². The number of azide groups is 1. The third kappa shape index (κ3) is 3.71. The highest BCUT2D eigenvalue weighted by molar-refractivity contribution is 5.91. The largest absolute Gasteiger partial charge is 0.376 e. The second kappa shape index (κ2) is 7.48. The Labute approximate surface area is 131 Å². The van der Waals surface area contributed by atoms with E-state index in [1.807, 2.05) is 0 Å². The predicted molar refractivity (Wildman–Crippen MR) is 80.0 cm³/mol. The van der Waals surface area contributed by atoms with Crippen molar-refractivity contribution in [3.05, 3.63) is 52.2 Å². The van der Waals surface area contributed by atoms with Gasteiger partial charge in [-0.05, 0) is 23.2 Å². The Morgan fingerprint density at radius 2 is 2.17 bits per heavy atom. The van der Waals surface area contributed by atoms with Crippen molar-refractivity contribution < 1.29 is 13.9 Å². The zero-order valence-electron chi connectivity index (χ0n) is 12.6. The summed E-state index contributed by atoms with van der Waals surface area (Å²) in [4.78, 5) is 13.9. The summed E-state index contributed by atoms with van der Waals surface area (Å²) in [6.45, 7) is 0.586. The molecule has 0 aliphatic rings. The monoisotopic (exact) mass is 318 g/mol. The number of Topliss-reactive ketones (excluding diaryl/α,β-unsaturated/α-hetero) is 1. The fourth-order valence-electron chi connectivity index (χ4n) is 2.12. The van der Waals surface area contributed by atoms with Gasteiger partial charge in [-0.2, -0.15) is 0 Å². The van der Waals surface area contributed by atoms with E-state index in [0.29, 0.717) is 11.3 Å². The molecular weight excluding hydrogens is 303 g/mol. The van der Waals surface area contributed by atoms with Crippen molar-refractivity contribution in [3.8, 4) is 5.69 Å². The highest BCUT2D eigenvalue weighted by atomic mass is 19.1. The van der Waals surface area contributed by atoms with E-state index >= 15 is 0 Å². The highest BCUT2D eigenvalue weighted by Gasteiger charge is 2.22. The van der Waals surface area contributed by atoms with Gasteiger partial charge in [-0.25, -0.2) is 4.68 Å². The lowest BCUT2D eigenvalue weighted by Gasteiger charge is -2.20. The van der Waals surface area contributed by atoms with Gasteiger partial charge in [-0.1, -0.05) is 22.5 Å². The summed E-state index contributed by atoms with van der Waals surface area (Å²) >= 11 is 0. The fraction of sp³-hybridized carbons (Fsp3) is 0.357. The number of aromatic nitrogens is 3. The number of halogens is 1. The van der Waals surface area contributed by atoms with Gasteiger partial charge in [-0.15, -0.1) is 5.10 Å². The number of rotatable bonds is 7. The molecule has 0 N–H and O–H groups in total. The van der Waals surface area contributed by atoms with E-state index in [0.717, 1.165) is 0 Å². The van der Waals surface area contributed by atoms with Gasteiger partial charge in [0.25, 0.3) is 0 Å². The zero-order valence-corrected chi connectivity index (χ0v) is 12.6.